The number of furan rings is 1. The molecule has 1 aromatic carbocycles. The average Bonchev–Trinajstić information content (AvgIpc) is 3.41. The fourth-order valence-corrected chi connectivity index (χ4v) is 3.27. The average molecular weight is 421 g/mol. The molecule has 0 unspecified atom stereocenters. The maximum absolute atomic E-state index is 12.3. The number of amides is 2. The third-order valence-electron chi connectivity index (χ3n) is 3.90. The van der Waals surface area contributed by atoms with Gasteiger partial charge >= 0.3 is 0 Å². The molecule has 0 saturated heterocycles. The maximum Gasteiger partial charge on any atom is 0.293 e. The molecule has 0 aliphatic carbocycles. The number of hydrogen-bond donors (Lipinski definition) is 3. The van der Waals surface area contributed by atoms with Crippen LogP contribution in [0.4, 0.5) is 10.8 Å². The van der Waals surface area contributed by atoms with Gasteiger partial charge in [0.15, 0.2) is 16.7 Å². The van der Waals surface area contributed by atoms with Crippen LogP contribution in [-0.2, 0) is 11.2 Å². The number of thiazole rings is 1. The first-order chi connectivity index (χ1) is 14.6. The summed E-state index contributed by atoms with van der Waals surface area (Å²) in [4.78, 5) is 36.9. The van der Waals surface area contributed by atoms with Crippen LogP contribution in [0, 0.1) is 0 Å². The first kappa shape index (κ1) is 19.3. The Balaban J connectivity index is 1.33. The predicted octanol–water partition coefficient (Wildman–Crippen LogP) is 3.33. The molecule has 0 atom stereocenters. The lowest BCUT2D eigenvalue weighted by Crippen LogP contribution is -2.15. The Kier molecular flexibility index (Phi) is 5.48. The molecule has 10 heteroatoms. The number of anilines is 2. The van der Waals surface area contributed by atoms with E-state index < -0.39 is 5.91 Å². The summed E-state index contributed by atoms with van der Waals surface area (Å²) in [6, 6.07) is 9.75. The van der Waals surface area contributed by atoms with Gasteiger partial charge in [-0.25, -0.2) is 15.0 Å². The van der Waals surface area contributed by atoms with Crippen molar-refractivity contribution in [1.29, 1.82) is 0 Å². The van der Waals surface area contributed by atoms with Crippen molar-refractivity contribution in [2.45, 2.75) is 6.42 Å². The van der Waals surface area contributed by atoms with Gasteiger partial charge in [-0.3, -0.25) is 14.9 Å². The second kappa shape index (κ2) is 8.53. The number of nitrogens with zero attached hydrogens (tertiary/aromatic N) is 3. The molecule has 3 N–H and O–H groups in total. The Morgan fingerprint density at radius 1 is 1.10 bits per heavy atom. The number of phenols is 1. The van der Waals surface area contributed by atoms with E-state index in [2.05, 4.69) is 25.6 Å². The van der Waals surface area contributed by atoms with Gasteiger partial charge in [-0.2, -0.15) is 0 Å². The van der Waals surface area contributed by atoms with Gasteiger partial charge < -0.3 is 14.8 Å². The number of hydrogen-bond acceptors (Lipinski definition) is 8. The summed E-state index contributed by atoms with van der Waals surface area (Å²) in [5, 5.41) is 16.9. The van der Waals surface area contributed by atoms with Crippen LogP contribution in [0.2, 0.25) is 0 Å². The molecule has 3 aromatic heterocycles. The minimum absolute atomic E-state index is 0.0292. The van der Waals surface area contributed by atoms with E-state index in [4.69, 9.17) is 4.42 Å². The fourth-order valence-electron chi connectivity index (χ4n) is 2.57. The molecule has 2 amide bonds. The van der Waals surface area contributed by atoms with Crippen LogP contribution in [0.15, 0.2) is 64.9 Å². The lowest BCUT2D eigenvalue weighted by molar-refractivity contribution is -0.115. The van der Waals surface area contributed by atoms with E-state index in [0.717, 1.165) is 0 Å². The van der Waals surface area contributed by atoms with Gasteiger partial charge in [0.2, 0.25) is 5.91 Å². The Hall–Kier alpha value is -4.05. The lowest BCUT2D eigenvalue weighted by Gasteiger charge is -2.05. The molecule has 0 aliphatic heterocycles. The van der Waals surface area contributed by atoms with Crippen molar-refractivity contribution >= 4 is 34.0 Å². The SMILES string of the molecule is O=C(Cc1csc(NC(=O)c2ccco2)n1)Nc1cnc(-c2cccc(O)c2)nc1. The van der Waals surface area contributed by atoms with Crippen molar-refractivity contribution in [2.75, 3.05) is 10.6 Å². The highest BCUT2D eigenvalue weighted by molar-refractivity contribution is 7.14. The summed E-state index contributed by atoms with van der Waals surface area (Å²) in [6.07, 6.45) is 4.41. The third-order valence-corrected chi connectivity index (χ3v) is 4.71. The van der Waals surface area contributed by atoms with E-state index in [1.54, 1.807) is 41.8 Å². The Morgan fingerprint density at radius 3 is 2.67 bits per heavy atom. The van der Waals surface area contributed by atoms with Crippen molar-refractivity contribution in [3.63, 3.8) is 0 Å². The topological polar surface area (TPSA) is 130 Å². The number of aromatic nitrogens is 3. The zero-order chi connectivity index (χ0) is 20.9. The molecule has 0 saturated carbocycles. The molecule has 4 rings (SSSR count). The molecule has 0 bridgehead atoms. The number of carbonyl (C=O) groups excluding carboxylic acids is 2. The molecule has 150 valence electrons. The highest BCUT2D eigenvalue weighted by atomic mass is 32.1. The summed E-state index contributed by atoms with van der Waals surface area (Å²) in [7, 11) is 0. The molecule has 30 heavy (non-hydrogen) atoms. The molecule has 0 spiro atoms. The largest absolute Gasteiger partial charge is 0.508 e. The highest BCUT2D eigenvalue weighted by Gasteiger charge is 2.13. The molecule has 0 fully saturated rings. The number of nitrogens with one attached hydrogen (secondary N) is 2. The number of phenolic OH excluding ortho intramolecular Hbond substituents is 1. The number of carbonyl (C=O) groups is 2. The van der Waals surface area contributed by atoms with Gasteiger partial charge in [-0.15, -0.1) is 11.3 Å². The smallest absolute Gasteiger partial charge is 0.293 e. The van der Waals surface area contributed by atoms with Crippen LogP contribution in [0.25, 0.3) is 11.4 Å². The van der Waals surface area contributed by atoms with Crippen LogP contribution in [0.3, 0.4) is 0 Å². The second-order valence-corrected chi connectivity index (χ2v) is 7.00. The van der Waals surface area contributed by atoms with E-state index in [-0.39, 0.29) is 23.8 Å². The van der Waals surface area contributed by atoms with Crippen molar-refractivity contribution in [2.24, 2.45) is 0 Å². The fraction of sp³-hybridized carbons (Fsp3) is 0.0500. The Bertz CT molecular complexity index is 1170. The van der Waals surface area contributed by atoms with Gasteiger partial charge in [-0.1, -0.05) is 12.1 Å². The molecule has 0 radical (unpaired) electrons. The zero-order valence-corrected chi connectivity index (χ0v) is 16.2. The summed E-state index contributed by atoms with van der Waals surface area (Å²) in [5.74, 6) is 0.0303. The van der Waals surface area contributed by atoms with Crippen LogP contribution in [0.1, 0.15) is 16.2 Å². The van der Waals surface area contributed by atoms with E-state index in [1.165, 1.54) is 30.0 Å². The summed E-state index contributed by atoms with van der Waals surface area (Å²) < 4.78 is 5.02. The van der Waals surface area contributed by atoms with E-state index in [9.17, 15) is 14.7 Å². The van der Waals surface area contributed by atoms with Gasteiger partial charge in [0.1, 0.15) is 5.75 Å². The molecule has 3 heterocycles. The summed E-state index contributed by atoms with van der Waals surface area (Å²) in [6.45, 7) is 0. The monoisotopic (exact) mass is 421 g/mol. The highest BCUT2D eigenvalue weighted by Crippen LogP contribution is 2.21. The van der Waals surface area contributed by atoms with Crippen LogP contribution in [-0.4, -0.2) is 31.9 Å². The molecule has 9 nitrogen and oxygen atoms in total. The Labute approximate surface area is 174 Å². The summed E-state index contributed by atoms with van der Waals surface area (Å²) >= 11 is 1.21. The maximum atomic E-state index is 12.3. The van der Waals surface area contributed by atoms with Crippen molar-refractivity contribution in [3.8, 4) is 17.1 Å². The van der Waals surface area contributed by atoms with E-state index in [0.29, 0.717) is 27.9 Å². The van der Waals surface area contributed by atoms with Gasteiger partial charge in [-0.05, 0) is 24.3 Å². The standard InChI is InChI=1S/C20H15N5O4S/c26-15-4-1-3-12(7-15)18-21-9-14(10-22-18)23-17(27)8-13-11-30-20(24-13)25-19(28)16-5-2-6-29-16/h1-7,9-11,26H,8H2,(H,23,27)(H,24,25,28). The first-order valence-corrected chi connectivity index (χ1v) is 9.65. The van der Waals surface area contributed by atoms with E-state index in [1.807, 2.05) is 0 Å². The number of aromatic hydroxyl groups is 1. The van der Waals surface area contributed by atoms with Crippen LogP contribution in [0.5, 0.6) is 5.75 Å². The van der Waals surface area contributed by atoms with Crippen molar-refractivity contribution in [3.05, 3.63) is 71.9 Å². The second-order valence-electron chi connectivity index (χ2n) is 6.15. The van der Waals surface area contributed by atoms with Gasteiger partial charge in [0.05, 0.1) is 36.5 Å². The minimum atomic E-state index is -0.408. The Morgan fingerprint density at radius 2 is 1.93 bits per heavy atom. The quantitative estimate of drug-likeness (QED) is 0.435. The molecule has 4 aromatic rings. The number of benzene rings is 1. The summed E-state index contributed by atoms with van der Waals surface area (Å²) in [5.41, 5.74) is 1.62. The lowest BCUT2D eigenvalue weighted by atomic mass is 10.2. The van der Waals surface area contributed by atoms with Crippen LogP contribution >= 0.6 is 11.3 Å². The van der Waals surface area contributed by atoms with Crippen molar-refractivity contribution < 1.29 is 19.1 Å². The third kappa shape index (κ3) is 4.67. The zero-order valence-electron chi connectivity index (χ0n) is 15.4. The van der Waals surface area contributed by atoms with E-state index >= 15 is 0 Å². The van der Waals surface area contributed by atoms with Crippen LogP contribution < -0.4 is 10.6 Å². The molecular formula is C20H15N5O4S. The van der Waals surface area contributed by atoms with Crippen molar-refractivity contribution in [1.82, 2.24) is 15.0 Å². The molecular weight excluding hydrogens is 406 g/mol. The van der Waals surface area contributed by atoms with Gasteiger partial charge in [0, 0.05) is 10.9 Å². The minimum Gasteiger partial charge on any atom is -0.508 e. The van der Waals surface area contributed by atoms with Gasteiger partial charge in [0.25, 0.3) is 5.91 Å². The molecule has 0 aliphatic rings. The first-order valence-electron chi connectivity index (χ1n) is 8.77. The predicted molar refractivity (Wildman–Crippen MR) is 110 cm³/mol. The number of rotatable bonds is 6. The normalized spacial score (nSPS) is 10.5.